The van der Waals surface area contributed by atoms with Crippen LogP contribution in [0.15, 0.2) is 60.7 Å². The first kappa shape index (κ1) is 19.7. The van der Waals surface area contributed by atoms with Crippen molar-refractivity contribution in [3.63, 3.8) is 0 Å². The van der Waals surface area contributed by atoms with Crippen molar-refractivity contribution in [2.45, 2.75) is 25.9 Å². The zero-order valence-electron chi connectivity index (χ0n) is 15.4. The number of nitrogens with zero attached hydrogens (tertiary/aromatic N) is 1. The number of benzene rings is 2. The van der Waals surface area contributed by atoms with Crippen molar-refractivity contribution in [1.29, 1.82) is 0 Å². The summed E-state index contributed by atoms with van der Waals surface area (Å²) in [4.78, 5) is 27.0. The minimum absolute atomic E-state index is 0.0746. The smallest absolute Gasteiger partial charge is 0.242 e. The molecule has 0 fully saturated rings. The van der Waals surface area contributed by atoms with Crippen molar-refractivity contribution in [2.75, 3.05) is 20.3 Å². The van der Waals surface area contributed by atoms with E-state index in [-0.39, 0.29) is 18.2 Å². The average Bonchev–Trinajstić information content (AvgIpc) is 2.67. The first-order valence-electron chi connectivity index (χ1n) is 8.75. The fraction of sp³-hybridized carbons (Fsp3) is 0.333. The van der Waals surface area contributed by atoms with Gasteiger partial charge in [0, 0.05) is 20.2 Å². The van der Waals surface area contributed by atoms with E-state index in [1.165, 1.54) is 0 Å². The van der Waals surface area contributed by atoms with Gasteiger partial charge in [0.25, 0.3) is 0 Å². The molecule has 0 aliphatic rings. The largest absolute Gasteiger partial charge is 0.383 e. The summed E-state index contributed by atoms with van der Waals surface area (Å²) in [5, 5.41) is 2.81. The van der Waals surface area contributed by atoms with E-state index in [1.807, 2.05) is 60.7 Å². The van der Waals surface area contributed by atoms with Crippen molar-refractivity contribution in [1.82, 2.24) is 10.2 Å². The molecular weight excluding hydrogens is 328 g/mol. The maximum atomic E-state index is 12.9. The Balaban J connectivity index is 2.12. The maximum absolute atomic E-state index is 12.9. The first-order valence-corrected chi connectivity index (χ1v) is 8.75. The summed E-state index contributed by atoms with van der Waals surface area (Å²) in [7, 11) is 1.58. The quantitative estimate of drug-likeness (QED) is 0.704. The van der Waals surface area contributed by atoms with Crippen molar-refractivity contribution in [2.24, 2.45) is 0 Å². The Morgan fingerprint density at radius 1 is 1.00 bits per heavy atom. The molecule has 1 N–H and O–H groups in total. The van der Waals surface area contributed by atoms with Crippen LogP contribution in [0.5, 0.6) is 0 Å². The second-order valence-corrected chi connectivity index (χ2v) is 6.13. The summed E-state index contributed by atoms with van der Waals surface area (Å²) < 4.78 is 4.96. The van der Waals surface area contributed by atoms with Crippen LogP contribution in [0.3, 0.4) is 0 Å². The molecule has 0 saturated heterocycles. The van der Waals surface area contributed by atoms with Crippen LogP contribution in [0.25, 0.3) is 0 Å². The highest BCUT2D eigenvalue weighted by atomic mass is 16.5. The summed E-state index contributed by atoms with van der Waals surface area (Å²) in [6.07, 6.45) is 0.267. The van der Waals surface area contributed by atoms with Gasteiger partial charge in [-0.05, 0) is 18.1 Å². The van der Waals surface area contributed by atoms with Gasteiger partial charge in [0.15, 0.2) is 0 Å². The van der Waals surface area contributed by atoms with Crippen LogP contribution in [-0.4, -0.2) is 43.0 Å². The molecule has 2 aromatic carbocycles. The number of rotatable bonds is 9. The van der Waals surface area contributed by atoms with Crippen molar-refractivity contribution in [3.8, 4) is 0 Å². The fourth-order valence-corrected chi connectivity index (χ4v) is 2.66. The molecule has 0 saturated carbocycles. The Labute approximate surface area is 155 Å². The summed E-state index contributed by atoms with van der Waals surface area (Å²) in [5.74, 6) is -0.256. The van der Waals surface area contributed by atoms with Gasteiger partial charge in [0.05, 0.1) is 13.0 Å². The first-order chi connectivity index (χ1) is 12.6. The number of methoxy groups -OCH3 is 1. The van der Waals surface area contributed by atoms with E-state index in [0.717, 1.165) is 11.1 Å². The normalized spacial score (nSPS) is 11.6. The SMILES string of the molecule is COCCNC(=O)[C@H](C)N(Cc1ccccc1)C(=O)Cc1ccccc1. The predicted octanol–water partition coefficient (Wildman–Crippen LogP) is 2.41. The number of amides is 2. The van der Waals surface area contributed by atoms with Gasteiger partial charge in [-0.2, -0.15) is 0 Å². The Morgan fingerprint density at radius 3 is 2.15 bits per heavy atom. The summed E-state index contributed by atoms with van der Waals surface area (Å²) in [6.45, 7) is 3.01. The number of hydrogen-bond acceptors (Lipinski definition) is 3. The molecule has 138 valence electrons. The van der Waals surface area contributed by atoms with Crippen LogP contribution in [-0.2, 0) is 27.3 Å². The van der Waals surface area contributed by atoms with Crippen molar-refractivity contribution < 1.29 is 14.3 Å². The summed E-state index contributed by atoms with van der Waals surface area (Å²) >= 11 is 0. The topological polar surface area (TPSA) is 58.6 Å². The zero-order valence-corrected chi connectivity index (χ0v) is 15.4. The highest BCUT2D eigenvalue weighted by molar-refractivity contribution is 5.88. The molecule has 0 bridgehead atoms. The monoisotopic (exact) mass is 354 g/mol. The van der Waals surface area contributed by atoms with E-state index >= 15 is 0 Å². The Bertz CT molecular complexity index is 689. The van der Waals surface area contributed by atoms with Gasteiger partial charge in [-0.25, -0.2) is 0 Å². The fourth-order valence-electron chi connectivity index (χ4n) is 2.66. The van der Waals surface area contributed by atoms with Crippen LogP contribution in [0.1, 0.15) is 18.1 Å². The number of carbonyl (C=O) groups is 2. The molecule has 5 nitrogen and oxygen atoms in total. The molecule has 26 heavy (non-hydrogen) atoms. The van der Waals surface area contributed by atoms with E-state index in [1.54, 1.807) is 18.9 Å². The minimum Gasteiger partial charge on any atom is -0.383 e. The van der Waals surface area contributed by atoms with Gasteiger partial charge in [0.1, 0.15) is 6.04 Å². The van der Waals surface area contributed by atoms with Gasteiger partial charge < -0.3 is 15.0 Å². The van der Waals surface area contributed by atoms with Crippen LogP contribution in [0.2, 0.25) is 0 Å². The van der Waals surface area contributed by atoms with Gasteiger partial charge in [-0.15, -0.1) is 0 Å². The second kappa shape index (κ2) is 10.4. The molecule has 2 rings (SSSR count). The van der Waals surface area contributed by atoms with Crippen LogP contribution in [0.4, 0.5) is 0 Å². The van der Waals surface area contributed by atoms with E-state index in [4.69, 9.17) is 4.74 Å². The highest BCUT2D eigenvalue weighted by Crippen LogP contribution is 2.12. The van der Waals surface area contributed by atoms with Gasteiger partial charge in [0.2, 0.25) is 11.8 Å². The lowest BCUT2D eigenvalue weighted by molar-refractivity contribution is -0.140. The van der Waals surface area contributed by atoms with Crippen LogP contribution in [0, 0.1) is 0 Å². The third-order valence-electron chi connectivity index (χ3n) is 4.17. The Morgan fingerprint density at radius 2 is 1.58 bits per heavy atom. The third-order valence-corrected chi connectivity index (χ3v) is 4.17. The van der Waals surface area contributed by atoms with E-state index in [9.17, 15) is 9.59 Å². The molecule has 1 atom stereocenters. The minimum atomic E-state index is -0.566. The molecule has 0 radical (unpaired) electrons. The number of nitrogens with one attached hydrogen (secondary N) is 1. The molecule has 0 unspecified atom stereocenters. The maximum Gasteiger partial charge on any atom is 0.242 e. The predicted molar refractivity (Wildman–Crippen MR) is 101 cm³/mol. The lowest BCUT2D eigenvalue weighted by Crippen LogP contribution is -2.48. The molecule has 0 spiro atoms. The lowest BCUT2D eigenvalue weighted by atomic mass is 10.1. The summed E-state index contributed by atoms with van der Waals surface area (Å²) in [6, 6.07) is 18.7. The zero-order chi connectivity index (χ0) is 18.8. The van der Waals surface area contributed by atoms with E-state index in [2.05, 4.69) is 5.32 Å². The van der Waals surface area contributed by atoms with Gasteiger partial charge in [-0.3, -0.25) is 9.59 Å². The van der Waals surface area contributed by atoms with Gasteiger partial charge >= 0.3 is 0 Å². The number of ether oxygens (including phenoxy) is 1. The average molecular weight is 354 g/mol. The Kier molecular flexibility index (Phi) is 7.83. The van der Waals surface area contributed by atoms with Gasteiger partial charge in [-0.1, -0.05) is 60.7 Å². The summed E-state index contributed by atoms with van der Waals surface area (Å²) in [5.41, 5.74) is 1.92. The van der Waals surface area contributed by atoms with Crippen LogP contribution >= 0.6 is 0 Å². The van der Waals surface area contributed by atoms with Crippen molar-refractivity contribution in [3.05, 3.63) is 71.8 Å². The Hall–Kier alpha value is -2.66. The molecule has 2 amide bonds. The lowest BCUT2D eigenvalue weighted by Gasteiger charge is -2.29. The third kappa shape index (κ3) is 6.01. The molecule has 0 aromatic heterocycles. The molecule has 0 aliphatic carbocycles. The van der Waals surface area contributed by atoms with Crippen molar-refractivity contribution >= 4 is 11.8 Å². The second-order valence-electron chi connectivity index (χ2n) is 6.13. The number of hydrogen-bond donors (Lipinski definition) is 1. The molecule has 5 heteroatoms. The number of carbonyl (C=O) groups excluding carboxylic acids is 2. The molecule has 0 heterocycles. The van der Waals surface area contributed by atoms with E-state index in [0.29, 0.717) is 19.7 Å². The van der Waals surface area contributed by atoms with E-state index < -0.39 is 6.04 Å². The molecular formula is C21H26N2O3. The van der Waals surface area contributed by atoms with Crippen LogP contribution < -0.4 is 5.32 Å². The highest BCUT2D eigenvalue weighted by Gasteiger charge is 2.25. The standard InChI is InChI=1S/C21H26N2O3/c1-17(21(25)22-13-14-26-2)23(16-19-11-7-4-8-12-19)20(24)15-18-9-5-3-6-10-18/h3-12,17H,13-16H2,1-2H3,(H,22,25)/t17-/m0/s1. The molecule has 2 aromatic rings. The molecule has 0 aliphatic heterocycles.